The molecular weight excluding hydrogens is 342 g/mol. The minimum Gasteiger partial charge on any atom is -0.353 e. The first kappa shape index (κ1) is 17.8. The molecular formula is C17H23N3O4S. The number of benzene rings is 1. The Hall–Kier alpha value is -1.96. The van der Waals surface area contributed by atoms with Crippen LogP contribution >= 0.6 is 0 Å². The zero-order valence-electron chi connectivity index (χ0n) is 14.1. The summed E-state index contributed by atoms with van der Waals surface area (Å²) in [7, 11) is -3.63. The molecule has 1 aliphatic carbocycles. The lowest BCUT2D eigenvalue weighted by atomic mass is 9.97. The molecule has 2 aromatic rings. The van der Waals surface area contributed by atoms with Crippen LogP contribution in [0.2, 0.25) is 0 Å². The Morgan fingerprint density at radius 3 is 2.60 bits per heavy atom. The Kier molecular flexibility index (Phi) is 5.67. The van der Waals surface area contributed by atoms with Gasteiger partial charge in [-0.05, 0) is 35.3 Å². The number of rotatable bonds is 5. The number of nitrogens with zero attached hydrogens (tertiary/aromatic N) is 2. The normalized spacial score (nSPS) is 17.1. The fourth-order valence-corrected chi connectivity index (χ4v) is 4.67. The maximum Gasteiger partial charge on any atom is 0.221 e. The van der Waals surface area contributed by atoms with Crippen molar-refractivity contribution < 1.29 is 17.8 Å². The number of aromatic nitrogens is 2. The lowest BCUT2D eigenvalue weighted by molar-refractivity contribution is -0.121. The Morgan fingerprint density at radius 1 is 1.12 bits per heavy atom. The molecule has 0 radical (unpaired) electrons. The molecule has 8 heteroatoms. The molecule has 0 unspecified atom stereocenters. The van der Waals surface area contributed by atoms with Gasteiger partial charge in [-0.2, -0.15) is 0 Å². The second-order valence-corrected chi connectivity index (χ2v) is 8.64. The molecule has 1 fully saturated rings. The fraction of sp³-hybridized carbons (Fsp3) is 0.588. The highest BCUT2D eigenvalue weighted by molar-refractivity contribution is 7.91. The third-order valence-electron chi connectivity index (χ3n) is 4.65. The van der Waals surface area contributed by atoms with Gasteiger partial charge in [0.15, 0.2) is 15.4 Å². The lowest BCUT2D eigenvalue weighted by Gasteiger charge is -2.21. The SMILES string of the molecule is O=C(CCS(=O)(=O)c1cccc2nonc12)NC1CCCCCCC1. The van der Waals surface area contributed by atoms with Crippen molar-refractivity contribution in [2.45, 2.75) is 62.3 Å². The number of hydrogen-bond acceptors (Lipinski definition) is 6. The quantitative estimate of drug-likeness (QED) is 0.874. The molecule has 1 amide bonds. The second kappa shape index (κ2) is 7.95. The molecule has 1 aromatic heterocycles. The van der Waals surface area contributed by atoms with E-state index in [0.29, 0.717) is 5.52 Å². The number of amides is 1. The molecule has 0 atom stereocenters. The number of nitrogens with one attached hydrogen (secondary N) is 1. The monoisotopic (exact) mass is 365 g/mol. The van der Waals surface area contributed by atoms with Crippen LogP contribution in [0.4, 0.5) is 0 Å². The minimum absolute atomic E-state index is 0.0551. The van der Waals surface area contributed by atoms with Gasteiger partial charge in [0, 0.05) is 12.5 Å². The van der Waals surface area contributed by atoms with E-state index < -0.39 is 9.84 Å². The van der Waals surface area contributed by atoms with Crippen molar-refractivity contribution in [3.63, 3.8) is 0 Å². The molecule has 25 heavy (non-hydrogen) atoms. The lowest BCUT2D eigenvalue weighted by Crippen LogP contribution is -2.36. The van der Waals surface area contributed by atoms with Crippen LogP contribution in [0.25, 0.3) is 11.0 Å². The molecule has 0 saturated heterocycles. The van der Waals surface area contributed by atoms with Gasteiger partial charge >= 0.3 is 0 Å². The van der Waals surface area contributed by atoms with Crippen LogP contribution in [0, 0.1) is 0 Å². The third-order valence-corrected chi connectivity index (χ3v) is 6.39. The average Bonchev–Trinajstić information content (AvgIpc) is 3.04. The standard InChI is InChI=1S/C17H23N3O4S/c21-16(18-13-7-4-2-1-3-5-8-13)11-12-25(22,23)15-10-6-9-14-17(15)20-24-19-14/h6,9-10,13H,1-5,7-8,11-12H2,(H,18,21). The Morgan fingerprint density at radius 2 is 1.84 bits per heavy atom. The Balaban J connectivity index is 1.60. The van der Waals surface area contributed by atoms with Crippen molar-refractivity contribution in [2.75, 3.05) is 5.75 Å². The largest absolute Gasteiger partial charge is 0.353 e. The highest BCUT2D eigenvalue weighted by atomic mass is 32.2. The third kappa shape index (κ3) is 4.56. The summed E-state index contributed by atoms with van der Waals surface area (Å²) < 4.78 is 29.7. The molecule has 1 saturated carbocycles. The van der Waals surface area contributed by atoms with Gasteiger partial charge in [0.1, 0.15) is 5.52 Å². The van der Waals surface area contributed by atoms with Crippen LogP contribution in [0.15, 0.2) is 27.7 Å². The summed E-state index contributed by atoms with van der Waals surface area (Å²) in [5.74, 6) is -0.461. The summed E-state index contributed by atoms with van der Waals surface area (Å²) in [6.07, 6.45) is 7.80. The van der Waals surface area contributed by atoms with Gasteiger partial charge in [-0.15, -0.1) is 0 Å². The summed E-state index contributed by atoms with van der Waals surface area (Å²) in [6.45, 7) is 0. The molecule has 136 valence electrons. The van der Waals surface area contributed by atoms with Crippen molar-refractivity contribution in [3.05, 3.63) is 18.2 Å². The van der Waals surface area contributed by atoms with Crippen LogP contribution in [0.3, 0.4) is 0 Å². The predicted molar refractivity (Wildman–Crippen MR) is 92.7 cm³/mol. The van der Waals surface area contributed by atoms with Gasteiger partial charge in [-0.25, -0.2) is 13.0 Å². The van der Waals surface area contributed by atoms with E-state index in [1.54, 1.807) is 12.1 Å². The minimum atomic E-state index is -3.63. The number of sulfone groups is 1. The van der Waals surface area contributed by atoms with E-state index in [0.717, 1.165) is 25.7 Å². The number of hydrogen-bond donors (Lipinski definition) is 1. The summed E-state index contributed by atoms with van der Waals surface area (Å²) >= 11 is 0. The predicted octanol–water partition coefficient (Wildman–Crippen LogP) is 2.62. The first-order chi connectivity index (χ1) is 12.1. The molecule has 0 spiro atoms. The highest BCUT2D eigenvalue weighted by Crippen LogP contribution is 2.21. The van der Waals surface area contributed by atoms with Crippen molar-refractivity contribution in [3.8, 4) is 0 Å². The van der Waals surface area contributed by atoms with E-state index in [1.807, 2.05) is 0 Å². The van der Waals surface area contributed by atoms with Crippen molar-refractivity contribution in [1.29, 1.82) is 0 Å². The van der Waals surface area contributed by atoms with Crippen molar-refractivity contribution in [2.24, 2.45) is 0 Å². The molecule has 3 rings (SSSR count). The average molecular weight is 365 g/mol. The van der Waals surface area contributed by atoms with Gasteiger partial charge in [-0.3, -0.25) is 4.79 Å². The van der Waals surface area contributed by atoms with Crippen molar-refractivity contribution >= 4 is 26.8 Å². The second-order valence-electron chi connectivity index (χ2n) is 6.57. The number of carbonyl (C=O) groups is 1. The topological polar surface area (TPSA) is 102 Å². The molecule has 0 aliphatic heterocycles. The molecule has 7 nitrogen and oxygen atoms in total. The summed E-state index contributed by atoms with van der Waals surface area (Å²) in [4.78, 5) is 12.2. The molecule has 0 bridgehead atoms. The Labute approximate surface area is 147 Å². The van der Waals surface area contributed by atoms with Crippen LogP contribution in [-0.2, 0) is 14.6 Å². The zero-order chi connectivity index (χ0) is 17.7. The van der Waals surface area contributed by atoms with Crippen LogP contribution in [-0.4, -0.2) is 36.4 Å². The van der Waals surface area contributed by atoms with Crippen LogP contribution in [0.5, 0.6) is 0 Å². The first-order valence-corrected chi connectivity index (χ1v) is 10.4. The van der Waals surface area contributed by atoms with Gasteiger partial charge in [0.2, 0.25) is 5.91 Å². The fourth-order valence-electron chi connectivity index (χ4n) is 3.27. The molecule has 1 aliphatic rings. The van der Waals surface area contributed by atoms with E-state index in [4.69, 9.17) is 0 Å². The van der Waals surface area contributed by atoms with Crippen LogP contribution in [0.1, 0.15) is 51.4 Å². The van der Waals surface area contributed by atoms with E-state index >= 15 is 0 Å². The Bertz CT molecular complexity index is 823. The zero-order valence-corrected chi connectivity index (χ0v) is 14.9. The smallest absolute Gasteiger partial charge is 0.221 e. The van der Waals surface area contributed by atoms with Gasteiger partial charge in [-0.1, -0.05) is 38.2 Å². The maximum atomic E-state index is 12.6. The highest BCUT2D eigenvalue weighted by Gasteiger charge is 2.22. The summed E-state index contributed by atoms with van der Waals surface area (Å²) in [5, 5.41) is 10.3. The number of fused-ring (bicyclic) bond motifs is 1. The van der Waals surface area contributed by atoms with E-state index in [1.165, 1.54) is 25.3 Å². The van der Waals surface area contributed by atoms with Crippen LogP contribution < -0.4 is 5.32 Å². The van der Waals surface area contributed by atoms with Gasteiger partial charge in [0.05, 0.1) is 10.6 Å². The summed E-state index contributed by atoms with van der Waals surface area (Å²) in [5.41, 5.74) is 0.600. The van der Waals surface area contributed by atoms with E-state index in [2.05, 4.69) is 20.3 Å². The van der Waals surface area contributed by atoms with Crippen molar-refractivity contribution in [1.82, 2.24) is 15.6 Å². The van der Waals surface area contributed by atoms with E-state index in [-0.39, 0.29) is 34.5 Å². The molecule has 1 heterocycles. The van der Waals surface area contributed by atoms with Gasteiger partial charge < -0.3 is 5.32 Å². The molecule has 1 N–H and O–H groups in total. The summed E-state index contributed by atoms with van der Waals surface area (Å²) in [6, 6.07) is 4.85. The maximum absolute atomic E-state index is 12.6. The first-order valence-electron chi connectivity index (χ1n) is 8.80. The number of carbonyl (C=O) groups excluding carboxylic acids is 1. The molecule has 1 aromatic carbocycles. The van der Waals surface area contributed by atoms with E-state index in [9.17, 15) is 13.2 Å². The van der Waals surface area contributed by atoms with Gasteiger partial charge in [0.25, 0.3) is 0 Å².